The maximum atomic E-state index is 12.8. The molecule has 2 rings (SSSR count). The predicted molar refractivity (Wildman–Crippen MR) is 90.2 cm³/mol. The number of ether oxygens (including phenoxy) is 1. The van der Waals surface area contributed by atoms with E-state index in [1.54, 1.807) is 14.1 Å². The number of carbonyl (C=O) groups is 2. The third-order valence-corrected chi connectivity index (χ3v) is 3.29. The minimum absolute atomic E-state index is 0.0251. The van der Waals surface area contributed by atoms with Crippen LogP contribution in [0.3, 0.4) is 0 Å². The summed E-state index contributed by atoms with van der Waals surface area (Å²) in [6, 6.07) is 6.51. The maximum Gasteiger partial charge on any atom is 0.274 e. The zero-order chi connectivity index (χ0) is 18.6. The summed E-state index contributed by atoms with van der Waals surface area (Å²) in [6.45, 7) is -0.360. The Hall–Kier alpha value is -3.16. The molecule has 132 valence electrons. The highest BCUT2D eigenvalue weighted by molar-refractivity contribution is 5.96. The number of amides is 2. The number of halogens is 1. The lowest BCUT2D eigenvalue weighted by Crippen LogP contribution is -2.29. The van der Waals surface area contributed by atoms with Crippen LogP contribution < -0.4 is 15.6 Å². The molecule has 2 amide bonds. The number of hydrogen-bond acceptors (Lipinski definition) is 4. The number of pyridine rings is 1. The van der Waals surface area contributed by atoms with Crippen LogP contribution >= 0.6 is 0 Å². The average Bonchev–Trinajstić information content (AvgIpc) is 2.57. The van der Waals surface area contributed by atoms with Crippen molar-refractivity contribution in [3.63, 3.8) is 0 Å². The summed E-state index contributed by atoms with van der Waals surface area (Å²) < 4.78 is 19.2. The van der Waals surface area contributed by atoms with Crippen LogP contribution in [0.5, 0.6) is 5.75 Å². The summed E-state index contributed by atoms with van der Waals surface area (Å²) in [7, 11) is 4.66. The van der Waals surface area contributed by atoms with Gasteiger partial charge in [0.15, 0.2) is 6.61 Å². The van der Waals surface area contributed by atoms with Gasteiger partial charge in [-0.05, 0) is 30.3 Å². The van der Waals surface area contributed by atoms with E-state index in [0.717, 1.165) is 0 Å². The molecule has 1 N–H and O–H groups in total. The highest BCUT2D eigenvalue weighted by atomic mass is 19.1. The molecule has 0 saturated carbocycles. The van der Waals surface area contributed by atoms with Gasteiger partial charge in [0.05, 0.1) is 5.56 Å². The smallest absolute Gasteiger partial charge is 0.274 e. The molecule has 0 saturated heterocycles. The number of aryl methyl sites for hydroxylation is 1. The molecule has 0 radical (unpaired) electrons. The van der Waals surface area contributed by atoms with Gasteiger partial charge >= 0.3 is 0 Å². The molecule has 0 unspecified atom stereocenters. The monoisotopic (exact) mass is 347 g/mol. The van der Waals surface area contributed by atoms with Crippen LogP contribution in [0, 0.1) is 5.82 Å². The Morgan fingerprint density at radius 2 is 1.88 bits per heavy atom. The van der Waals surface area contributed by atoms with Gasteiger partial charge in [-0.15, -0.1) is 0 Å². The van der Waals surface area contributed by atoms with E-state index in [-0.39, 0.29) is 23.8 Å². The molecular weight excluding hydrogens is 329 g/mol. The van der Waals surface area contributed by atoms with E-state index < -0.39 is 17.3 Å². The van der Waals surface area contributed by atoms with Gasteiger partial charge < -0.3 is 19.5 Å². The lowest BCUT2D eigenvalue weighted by molar-refractivity contribution is -0.118. The van der Waals surface area contributed by atoms with Crippen LogP contribution in [-0.4, -0.2) is 42.0 Å². The SMILES string of the molecule is CN(C)C(=O)c1cc(NC(=O)COc2ccc(F)cc2)c(=O)n(C)c1. The Balaban J connectivity index is 2.10. The van der Waals surface area contributed by atoms with Crippen LogP contribution in [0.4, 0.5) is 10.1 Å². The molecule has 1 aromatic heterocycles. The highest BCUT2D eigenvalue weighted by Crippen LogP contribution is 2.11. The van der Waals surface area contributed by atoms with Crippen molar-refractivity contribution in [3.05, 3.63) is 58.3 Å². The second-order valence-corrected chi connectivity index (χ2v) is 5.55. The predicted octanol–water partition coefficient (Wildman–Crippen LogP) is 1.24. The van der Waals surface area contributed by atoms with Gasteiger partial charge in [-0.2, -0.15) is 0 Å². The van der Waals surface area contributed by atoms with E-state index in [2.05, 4.69) is 5.32 Å². The summed E-state index contributed by atoms with van der Waals surface area (Å²) in [4.78, 5) is 37.5. The second kappa shape index (κ2) is 7.61. The number of rotatable bonds is 5. The van der Waals surface area contributed by atoms with E-state index in [1.807, 2.05) is 0 Å². The van der Waals surface area contributed by atoms with Crippen LogP contribution in [0.25, 0.3) is 0 Å². The van der Waals surface area contributed by atoms with E-state index >= 15 is 0 Å². The quantitative estimate of drug-likeness (QED) is 0.883. The zero-order valence-corrected chi connectivity index (χ0v) is 14.1. The largest absolute Gasteiger partial charge is 0.484 e. The lowest BCUT2D eigenvalue weighted by Gasteiger charge is -2.13. The first-order chi connectivity index (χ1) is 11.8. The number of aromatic nitrogens is 1. The molecule has 25 heavy (non-hydrogen) atoms. The van der Waals surface area contributed by atoms with Crippen molar-refractivity contribution in [2.24, 2.45) is 7.05 Å². The fraction of sp³-hybridized carbons (Fsp3) is 0.235. The Bertz CT molecular complexity index is 844. The fourth-order valence-electron chi connectivity index (χ4n) is 2.04. The number of nitrogens with one attached hydrogen (secondary N) is 1. The first-order valence-corrected chi connectivity index (χ1v) is 7.38. The van der Waals surface area contributed by atoms with Crippen LogP contribution in [0.1, 0.15) is 10.4 Å². The van der Waals surface area contributed by atoms with Gasteiger partial charge in [-0.3, -0.25) is 14.4 Å². The molecule has 2 aromatic rings. The van der Waals surface area contributed by atoms with E-state index in [0.29, 0.717) is 5.75 Å². The van der Waals surface area contributed by atoms with Crippen molar-refractivity contribution in [1.82, 2.24) is 9.47 Å². The standard InChI is InChI=1S/C17H18FN3O4/c1-20(2)16(23)11-8-14(17(24)21(3)9-11)19-15(22)10-25-13-6-4-12(18)5-7-13/h4-9H,10H2,1-3H3,(H,19,22). The second-order valence-electron chi connectivity index (χ2n) is 5.55. The molecule has 0 fully saturated rings. The molecular formula is C17H18FN3O4. The molecule has 0 spiro atoms. The minimum Gasteiger partial charge on any atom is -0.484 e. The third kappa shape index (κ3) is 4.66. The molecule has 1 heterocycles. The van der Waals surface area contributed by atoms with Crippen LogP contribution in [0.15, 0.2) is 41.3 Å². The molecule has 8 heteroatoms. The summed E-state index contributed by atoms with van der Waals surface area (Å²) in [6.07, 6.45) is 1.40. The van der Waals surface area contributed by atoms with E-state index in [4.69, 9.17) is 4.74 Å². The molecule has 0 aliphatic carbocycles. The number of nitrogens with zero attached hydrogens (tertiary/aromatic N) is 2. The van der Waals surface area contributed by atoms with Crippen molar-refractivity contribution in [2.45, 2.75) is 0 Å². The van der Waals surface area contributed by atoms with E-state index in [9.17, 15) is 18.8 Å². The van der Waals surface area contributed by atoms with Crippen molar-refractivity contribution in [3.8, 4) is 5.75 Å². The first kappa shape index (κ1) is 18.2. The van der Waals surface area contributed by atoms with Gasteiger partial charge in [0.1, 0.15) is 17.3 Å². The van der Waals surface area contributed by atoms with Crippen molar-refractivity contribution >= 4 is 17.5 Å². The Morgan fingerprint density at radius 1 is 1.24 bits per heavy atom. The van der Waals surface area contributed by atoms with Gasteiger partial charge in [-0.1, -0.05) is 0 Å². The van der Waals surface area contributed by atoms with Gasteiger partial charge in [-0.25, -0.2) is 4.39 Å². The van der Waals surface area contributed by atoms with Gasteiger partial charge in [0.2, 0.25) is 0 Å². The Morgan fingerprint density at radius 3 is 2.48 bits per heavy atom. The normalized spacial score (nSPS) is 10.2. The molecule has 0 atom stereocenters. The topological polar surface area (TPSA) is 80.6 Å². The average molecular weight is 347 g/mol. The summed E-state index contributed by atoms with van der Waals surface area (Å²) >= 11 is 0. The molecule has 1 aromatic carbocycles. The van der Waals surface area contributed by atoms with Gasteiger partial charge in [0.25, 0.3) is 17.4 Å². The molecule has 0 aliphatic heterocycles. The zero-order valence-electron chi connectivity index (χ0n) is 14.1. The van der Waals surface area contributed by atoms with Crippen LogP contribution in [-0.2, 0) is 11.8 Å². The number of anilines is 1. The molecule has 0 aliphatic rings. The number of carbonyl (C=O) groups excluding carboxylic acids is 2. The summed E-state index contributed by atoms with van der Waals surface area (Å²) in [5.74, 6) is -0.965. The number of benzene rings is 1. The van der Waals surface area contributed by atoms with Crippen molar-refractivity contribution < 1.29 is 18.7 Å². The Labute approximate surface area is 143 Å². The van der Waals surface area contributed by atoms with Crippen LogP contribution in [0.2, 0.25) is 0 Å². The first-order valence-electron chi connectivity index (χ1n) is 7.38. The Kier molecular flexibility index (Phi) is 5.53. The highest BCUT2D eigenvalue weighted by Gasteiger charge is 2.14. The lowest BCUT2D eigenvalue weighted by atomic mass is 10.2. The summed E-state index contributed by atoms with van der Waals surface area (Å²) in [5.41, 5.74) is -0.213. The van der Waals surface area contributed by atoms with Gasteiger partial charge in [0, 0.05) is 27.3 Å². The van der Waals surface area contributed by atoms with E-state index in [1.165, 1.54) is 53.0 Å². The maximum absolute atomic E-state index is 12.8. The number of hydrogen-bond donors (Lipinski definition) is 1. The fourth-order valence-corrected chi connectivity index (χ4v) is 2.04. The molecule has 7 nitrogen and oxygen atoms in total. The minimum atomic E-state index is -0.573. The third-order valence-electron chi connectivity index (χ3n) is 3.29. The summed E-state index contributed by atoms with van der Waals surface area (Å²) in [5, 5.41) is 2.42. The van der Waals surface area contributed by atoms with Crippen molar-refractivity contribution in [1.29, 1.82) is 0 Å². The van der Waals surface area contributed by atoms with Crippen molar-refractivity contribution in [2.75, 3.05) is 26.0 Å². The molecule has 0 bridgehead atoms.